The number of nitrogens with zero attached hydrogens (tertiary/aromatic N) is 1. The van der Waals surface area contributed by atoms with E-state index >= 15 is 0 Å². The number of fused-ring (bicyclic) bond motifs is 1. The summed E-state index contributed by atoms with van der Waals surface area (Å²) in [6, 6.07) is 12.2. The highest BCUT2D eigenvalue weighted by Crippen LogP contribution is 2.31. The van der Waals surface area contributed by atoms with Crippen molar-refractivity contribution in [3.63, 3.8) is 0 Å². The number of carbonyl (C=O) groups is 1. The molecule has 1 N–H and O–H groups in total. The minimum atomic E-state index is 0.0944. The van der Waals surface area contributed by atoms with Crippen molar-refractivity contribution in [3.8, 4) is 11.3 Å². The minimum Gasteiger partial charge on any atom is -0.461 e. The fraction of sp³-hybridized carbons (Fsp3) is 0.421. The van der Waals surface area contributed by atoms with Crippen LogP contribution in [0.25, 0.3) is 11.3 Å². The summed E-state index contributed by atoms with van der Waals surface area (Å²) in [6.07, 6.45) is 2.43. The van der Waals surface area contributed by atoms with Gasteiger partial charge in [0.05, 0.1) is 5.56 Å². The van der Waals surface area contributed by atoms with E-state index in [1.807, 2.05) is 48.2 Å². The Morgan fingerprint density at radius 2 is 2.09 bits per heavy atom. The van der Waals surface area contributed by atoms with E-state index in [2.05, 4.69) is 5.32 Å². The normalized spacial score (nSPS) is 23.8. The maximum absolute atomic E-state index is 13.0. The van der Waals surface area contributed by atoms with Crippen molar-refractivity contribution in [1.29, 1.82) is 0 Å². The van der Waals surface area contributed by atoms with E-state index in [1.165, 1.54) is 12.8 Å². The molecule has 0 radical (unpaired) electrons. The first-order valence-electron chi connectivity index (χ1n) is 8.41. The highest BCUT2D eigenvalue weighted by Gasteiger charge is 2.37. The van der Waals surface area contributed by atoms with Gasteiger partial charge in [0, 0.05) is 24.7 Å². The van der Waals surface area contributed by atoms with Crippen LogP contribution >= 0.6 is 0 Å². The summed E-state index contributed by atoms with van der Waals surface area (Å²) in [6.45, 7) is 4.63. The standard InChI is InChI=1S/C19H22N2O2/c1-13-10-16(18(23-13)14-6-3-2-4-7-14)19(22)21-11-15-8-5-9-20-17(15)12-21/h2-4,6-7,10,15,17,20H,5,8-9,11-12H2,1H3/t15-,17+/m0/s1. The zero-order valence-electron chi connectivity index (χ0n) is 13.4. The first-order chi connectivity index (χ1) is 11.2. The van der Waals surface area contributed by atoms with Crippen LogP contribution in [0.4, 0.5) is 0 Å². The van der Waals surface area contributed by atoms with Crippen LogP contribution in [-0.4, -0.2) is 36.5 Å². The third kappa shape index (κ3) is 2.68. The van der Waals surface area contributed by atoms with Crippen LogP contribution in [-0.2, 0) is 0 Å². The molecule has 0 spiro atoms. The van der Waals surface area contributed by atoms with Crippen molar-refractivity contribution < 1.29 is 9.21 Å². The third-order valence-electron chi connectivity index (χ3n) is 5.01. The first kappa shape index (κ1) is 14.5. The average molecular weight is 310 g/mol. The Morgan fingerprint density at radius 1 is 1.26 bits per heavy atom. The Labute approximate surface area is 136 Å². The van der Waals surface area contributed by atoms with Gasteiger partial charge in [0.15, 0.2) is 0 Å². The quantitative estimate of drug-likeness (QED) is 0.927. The number of nitrogens with one attached hydrogen (secondary N) is 1. The maximum atomic E-state index is 13.0. The number of benzene rings is 1. The molecule has 1 amide bonds. The van der Waals surface area contributed by atoms with Gasteiger partial charge in [-0.2, -0.15) is 0 Å². The second-order valence-electron chi connectivity index (χ2n) is 6.64. The lowest BCUT2D eigenvalue weighted by molar-refractivity contribution is 0.0786. The van der Waals surface area contributed by atoms with Gasteiger partial charge in [0.25, 0.3) is 5.91 Å². The lowest BCUT2D eigenvalue weighted by Gasteiger charge is -2.24. The predicted octanol–water partition coefficient (Wildman–Crippen LogP) is 3.08. The van der Waals surface area contributed by atoms with E-state index in [1.54, 1.807) is 0 Å². The molecule has 2 aliphatic heterocycles. The van der Waals surface area contributed by atoms with Crippen LogP contribution < -0.4 is 5.32 Å². The maximum Gasteiger partial charge on any atom is 0.257 e. The molecule has 2 saturated heterocycles. The highest BCUT2D eigenvalue weighted by molar-refractivity contribution is 6.00. The molecule has 1 aromatic carbocycles. The molecule has 23 heavy (non-hydrogen) atoms. The van der Waals surface area contributed by atoms with Crippen molar-refractivity contribution in [3.05, 3.63) is 47.7 Å². The number of amides is 1. The molecular weight excluding hydrogens is 288 g/mol. The van der Waals surface area contributed by atoms with Gasteiger partial charge < -0.3 is 14.6 Å². The molecule has 0 unspecified atom stereocenters. The van der Waals surface area contributed by atoms with Crippen LogP contribution in [0.2, 0.25) is 0 Å². The molecule has 0 bridgehead atoms. The van der Waals surface area contributed by atoms with Crippen molar-refractivity contribution in [2.45, 2.75) is 25.8 Å². The number of rotatable bonds is 2. The SMILES string of the molecule is Cc1cc(C(=O)N2C[C@@H]3CCCN[C@@H]3C2)c(-c2ccccc2)o1. The van der Waals surface area contributed by atoms with Gasteiger partial charge in [0.1, 0.15) is 11.5 Å². The second kappa shape index (κ2) is 5.85. The van der Waals surface area contributed by atoms with Crippen LogP contribution in [0, 0.1) is 12.8 Å². The number of carbonyl (C=O) groups excluding carboxylic acids is 1. The van der Waals surface area contributed by atoms with Crippen molar-refractivity contribution in [2.24, 2.45) is 5.92 Å². The van der Waals surface area contributed by atoms with Gasteiger partial charge in [-0.3, -0.25) is 4.79 Å². The molecular formula is C19H22N2O2. The zero-order chi connectivity index (χ0) is 15.8. The van der Waals surface area contributed by atoms with Crippen molar-refractivity contribution >= 4 is 5.91 Å². The predicted molar refractivity (Wildman–Crippen MR) is 89.3 cm³/mol. The van der Waals surface area contributed by atoms with E-state index in [-0.39, 0.29) is 5.91 Å². The fourth-order valence-electron chi connectivity index (χ4n) is 3.86. The molecule has 2 aromatic rings. The summed E-state index contributed by atoms with van der Waals surface area (Å²) in [7, 11) is 0. The first-order valence-corrected chi connectivity index (χ1v) is 8.41. The van der Waals surface area contributed by atoms with Crippen molar-refractivity contribution in [1.82, 2.24) is 10.2 Å². The zero-order valence-corrected chi connectivity index (χ0v) is 13.4. The molecule has 120 valence electrons. The van der Waals surface area contributed by atoms with Crippen molar-refractivity contribution in [2.75, 3.05) is 19.6 Å². The molecule has 3 heterocycles. The molecule has 4 heteroatoms. The van der Waals surface area contributed by atoms with E-state index in [4.69, 9.17) is 4.42 Å². The Kier molecular flexibility index (Phi) is 3.69. The van der Waals surface area contributed by atoms with Gasteiger partial charge in [-0.1, -0.05) is 30.3 Å². The average Bonchev–Trinajstić information content (AvgIpc) is 3.18. The smallest absolute Gasteiger partial charge is 0.257 e. The largest absolute Gasteiger partial charge is 0.461 e. The molecule has 2 fully saturated rings. The molecule has 2 aliphatic rings. The fourth-order valence-corrected chi connectivity index (χ4v) is 3.86. The summed E-state index contributed by atoms with van der Waals surface area (Å²) < 4.78 is 5.84. The Balaban J connectivity index is 1.62. The monoisotopic (exact) mass is 310 g/mol. The van der Waals surface area contributed by atoms with Crippen LogP contribution in [0.15, 0.2) is 40.8 Å². The summed E-state index contributed by atoms with van der Waals surface area (Å²) in [5.41, 5.74) is 1.64. The lowest BCUT2D eigenvalue weighted by atomic mass is 9.94. The second-order valence-corrected chi connectivity index (χ2v) is 6.64. The Hall–Kier alpha value is -2.07. The molecule has 4 nitrogen and oxygen atoms in total. The van der Waals surface area contributed by atoms with Gasteiger partial charge in [0.2, 0.25) is 0 Å². The van der Waals surface area contributed by atoms with Crippen LogP contribution in [0.5, 0.6) is 0 Å². The lowest BCUT2D eigenvalue weighted by Crippen LogP contribution is -2.41. The molecule has 0 aliphatic carbocycles. The van der Waals surface area contributed by atoms with Gasteiger partial charge in [-0.15, -0.1) is 0 Å². The molecule has 4 rings (SSSR count). The molecule has 0 saturated carbocycles. The van der Waals surface area contributed by atoms with E-state index in [9.17, 15) is 4.79 Å². The highest BCUT2D eigenvalue weighted by atomic mass is 16.3. The number of likely N-dealkylation sites (tertiary alicyclic amines) is 1. The molecule has 2 atom stereocenters. The summed E-state index contributed by atoms with van der Waals surface area (Å²) >= 11 is 0. The number of aryl methyl sites for hydroxylation is 1. The molecule has 1 aromatic heterocycles. The van der Waals surface area contributed by atoms with Crippen LogP contribution in [0.1, 0.15) is 29.0 Å². The van der Waals surface area contributed by atoms with Gasteiger partial charge >= 0.3 is 0 Å². The number of hydrogen-bond acceptors (Lipinski definition) is 3. The van der Waals surface area contributed by atoms with Gasteiger partial charge in [-0.25, -0.2) is 0 Å². The van der Waals surface area contributed by atoms with Gasteiger partial charge in [-0.05, 0) is 38.3 Å². The Bertz CT molecular complexity index is 693. The van der Waals surface area contributed by atoms with E-state index in [0.717, 1.165) is 31.0 Å². The minimum absolute atomic E-state index is 0.0944. The summed E-state index contributed by atoms with van der Waals surface area (Å²) in [4.78, 5) is 15.0. The van der Waals surface area contributed by atoms with Crippen LogP contribution in [0.3, 0.4) is 0 Å². The summed E-state index contributed by atoms with van der Waals surface area (Å²) in [5, 5.41) is 3.55. The number of piperidine rings is 1. The van der Waals surface area contributed by atoms with E-state index < -0.39 is 0 Å². The topological polar surface area (TPSA) is 45.5 Å². The number of furan rings is 1. The third-order valence-corrected chi connectivity index (χ3v) is 5.01. The van der Waals surface area contributed by atoms with E-state index in [0.29, 0.717) is 23.3 Å². The Morgan fingerprint density at radius 3 is 2.87 bits per heavy atom. The summed E-state index contributed by atoms with van der Waals surface area (Å²) in [5.74, 6) is 2.16. The number of hydrogen-bond donors (Lipinski definition) is 1.